The Labute approximate surface area is 129 Å². The highest BCUT2D eigenvalue weighted by atomic mass is 16.2. The number of amides is 1. The van der Waals surface area contributed by atoms with E-state index in [-0.39, 0.29) is 11.8 Å². The van der Waals surface area contributed by atoms with Crippen molar-refractivity contribution in [3.05, 3.63) is 36.8 Å². The maximum absolute atomic E-state index is 12.5. The molecule has 2 aromatic heterocycles. The molecule has 22 heavy (non-hydrogen) atoms. The minimum Gasteiger partial charge on any atom is -0.325 e. The monoisotopic (exact) mass is 299 g/mol. The zero-order valence-corrected chi connectivity index (χ0v) is 12.7. The average molecular weight is 299 g/mol. The first-order chi connectivity index (χ1) is 10.6. The number of nitrogens with zero attached hydrogens (tertiary/aromatic N) is 3. The third kappa shape index (κ3) is 3.01. The Morgan fingerprint density at radius 3 is 2.95 bits per heavy atom. The fourth-order valence-electron chi connectivity index (χ4n) is 3.02. The Kier molecular flexibility index (Phi) is 3.94. The molecular formula is C16H21N5O. The van der Waals surface area contributed by atoms with Crippen LogP contribution in [0.25, 0.3) is 5.82 Å². The van der Waals surface area contributed by atoms with E-state index in [2.05, 4.69) is 15.4 Å². The summed E-state index contributed by atoms with van der Waals surface area (Å²) in [4.78, 5) is 16.8. The molecule has 0 spiro atoms. The fourth-order valence-corrected chi connectivity index (χ4v) is 3.02. The quantitative estimate of drug-likeness (QED) is 0.909. The molecule has 1 amide bonds. The summed E-state index contributed by atoms with van der Waals surface area (Å²) in [5.41, 5.74) is 6.53. The Bertz CT molecular complexity index is 633. The Morgan fingerprint density at radius 2 is 2.32 bits per heavy atom. The van der Waals surface area contributed by atoms with Crippen molar-refractivity contribution < 1.29 is 4.79 Å². The minimum atomic E-state index is -0.426. The lowest BCUT2D eigenvalue weighted by Crippen LogP contribution is -2.51. The highest BCUT2D eigenvalue weighted by molar-refractivity contribution is 5.93. The van der Waals surface area contributed by atoms with Crippen LogP contribution in [0, 0.1) is 5.92 Å². The Morgan fingerprint density at radius 1 is 1.45 bits per heavy atom. The molecule has 2 heterocycles. The lowest BCUT2D eigenvalue weighted by Gasteiger charge is -2.37. The molecule has 1 aliphatic rings. The molecule has 1 aliphatic carbocycles. The molecule has 0 saturated heterocycles. The number of carbonyl (C=O) groups excluding carboxylic acids is 1. The van der Waals surface area contributed by atoms with Gasteiger partial charge in [-0.2, -0.15) is 5.10 Å². The molecule has 1 saturated carbocycles. The van der Waals surface area contributed by atoms with Crippen LogP contribution >= 0.6 is 0 Å². The maximum atomic E-state index is 12.5. The van der Waals surface area contributed by atoms with Crippen LogP contribution in [0.15, 0.2) is 36.8 Å². The molecule has 0 aromatic carbocycles. The number of nitrogens with two attached hydrogens (primary N) is 1. The largest absolute Gasteiger partial charge is 0.325 e. The molecule has 0 aliphatic heterocycles. The second-order valence-electron chi connectivity index (χ2n) is 6.15. The van der Waals surface area contributed by atoms with Crippen molar-refractivity contribution in [1.82, 2.24) is 14.8 Å². The van der Waals surface area contributed by atoms with Gasteiger partial charge < -0.3 is 11.1 Å². The van der Waals surface area contributed by atoms with Gasteiger partial charge in [0.15, 0.2) is 5.82 Å². The van der Waals surface area contributed by atoms with Gasteiger partial charge in [-0.3, -0.25) is 4.79 Å². The van der Waals surface area contributed by atoms with Crippen LogP contribution < -0.4 is 11.1 Å². The van der Waals surface area contributed by atoms with Crippen molar-refractivity contribution in [2.75, 3.05) is 5.32 Å². The van der Waals surface area contributed by atoms with Crippen LogP contribution in [-0.4, -0.2) is 26.2 Å². The number of hydrogen-bond acceptors (Lipinski definition) is 4. The number of hydrogen-bond donors (Lipinski definition) is 2. The predicted octanol–water partition coefficient (Wildman–Crippen LogP) is 2.11. The van der Waals surface area contributed by atoms with Gasteiger partial charge in [0, 0.05) is 17.9 Å². The minimum absolute atomic E-state index is 0.0154. The lowest BCUT2D eigenvalue weighted by molar-refractivity contribution is -0.122. The number of nitrogens with one attached hydrogen (secondary N) is 1. The van der Waals surface area contributed by atoms with E-state index in [4.69, 9.17) is 5.73 Å². The van der Waals surface area contributed by atoms with Crippen LogP contribution in [0.2, 0.25) is 0 Å². The number of anilines is 1. The van der Waals surface area contributed by atoms with Gasteiger partial charge in [-0.15, -0.1) is 0 Å². The van der Waals surface area contributed by atoms with E-state index >= 15 is 0 Å². The SMILES string of the molecule is CC1(N)CCCCC1C(=O)Nc1ccc(-n2cccn2)nc1. The first kappa shape index (κ1) is 14.7. The van der Waals surface area contributed by atoms with Crippen LogP contribution in [0.3, 0.4) is 0 Å². The van der Waals surface area contributed by atoms with Crippen molar-refractivity contribution >= 4 is 11.6 Å². The van der Waals surface area contributed by atoms with E-state index in [9.17, 15) is 4.79 Å². The summed E-state index contributed by atoms with van der Waals surface area (Å²) in [5, 5.41) is 7.05. The smallest absolute Gasteiger partial charge is 0.229 e. The van der Waals surface area contributed by atoms with Gasteiger partial charge in [-0.1, -0.05) is 12.8 Å². The van der Waals surface area contributed by atoms with Gasteiger partial charge in [0.2, 0.25) is 5.91 Å². The van der Waals surface area contributed by atoms with Crippen LogP contribution in [0.5, 0.6) is 0 Å². The molecule has 0 radical (unpaired) electrons. The van der Waals surface area contributed by atoms with Gasteiger partial charge in [0.05, 0.1) is 17.8 Å². The number of carbonyl (C=O) groups is 1. The van der Waals surface area contributed by atoms with E-state index in [1.165, 1.54) is 0 Å². The van der Waals surface area contributed by atoms with Gasteiger partial charge in [0.1, 0.15) is 0 Å². The topological polar surface area (TPSA) is 85.8 Å². The average Bonchev–Trinajstić information content (AvgIpc) is 3.01. The second-order valence-corrected chi connectivity index (χ2v) is 6.15. The first-order valence-electron chi connectivity index (χ1n) is 7.62. The van der Waals surface area contributed by atoms with Gasteiger partial charge >= 0.3 is 0 Å². The summed E-state index contributed by atoms with van der Waals surface area (Å²) in [6.07, 6.45) is 9.05. The molecular weight excluding hydrogens is 278 g/mol. The Balaban J connectivity index is 1.69. The molecule has 3 N–H and O–H groups in total. The van der Waals surface area contributed by atoms with Crippen LogP contribution in [0.4, 0.5) is 5.69 Å². The van der Waals surface area contributed by atoms with Crippen LogP contribution in [0.1, 0.15) is 32.6 Å². The normalized spacial score (nSPS) is 24.9. The molecule has 1 fully saturated rings. The summed E-state index contributed by atoms with van der Waals surface area (Å²) >= 11 is 0. The highest BCUT2D eigenvalue weighted by Crippen LogP contribution is 2.32. The molecule has 2 aromatic rings. The summed E-state index contributed by atoms with van der Waals surface area (Å²) in [6.45, 7) is 1.97. The van der Waals surface area contributed by atoms with E-state index in [1.54, 1.807) is 17.1 Å². The molecule has 0 bridgehead atoms. The molecule has 2 atom stereocenters. The molecule has 2 unspecified atom stereocenters. The van der Waals surface area contributed by atoms with E-state index in [0.29, 0.717) is 11.5 Å². The van der Waals surface area contributed by atoms with E-state index in [0.717, 1.165) is 25.7 Å². The van der Waals surface area contributed by atoms with Crippen LogP contribution in [-0.2, 0) is 4.79 Å². The fraction of sp³-hybridized carbons (Fsp3) is 0.438. The number of pyridine rings is 1. The standard InChI is InChI=1S/C16H21N5O/c1-16(17)8-3-2-5-13(16)15(22)20-12-6-7-14(18-11-12)21-10-4-9-19-21/h4,6-7,9-11,13H,2-3,5,8,17H2,1H3,(H,20,22). The van der Waals surface area contributed by atoms with Gasteiger partial charge in [0.25, 0.3) is 0 Å². The molecule has 3 rings (SSSR count). The summed E-state index contributed by atoms with van der Waals surface area (Å²) in [6, 6.07) is 5.49. The lowest BCUT2D eigenvalue weighted by atomic mass is 9.74. The summed E-state index contributed by atoms with van der Waals surface area (Å²) in [5.74, 6) is 0.551. The predicted molar refractivity (Wildman–Crippen MR) is 84.5 cm³/mol. The van der Waals surface area contributed by atoms with Gasteiger partial charge in [-0.25, -0.2) is 9.67 Å². The molecule has 6 heteroatoms. The highest BCUT2D eigenvalue weighted by Gasteiger charge is 2.37. The zero-order valence-electron chi connectivity index (χ0n) is 12.7. The van der Waals surface area contributed by atoms with Crippen molar-refractivity contribution in [3.8, 4) is 5.82 Å². The zero-order chi connectivity index (χ0) is 15.6. The number of rotatable bonds is 3. The van der Waals surface area contributed by atoms with Crippen molar-refractivity contribution in [2.45, 2.75) is 38.1 Å². The first-order valence-corrected chi connectivity index (χ1v) is 7.62. The van der Waals surface area contributed by atoms with E-state index < -0.39 is 5.54 Å². The third-order valence-corrected chi connectivity index (χ3v) is 4.33. The summed E-state index contributed by atoms with van der Waals surface area (Å²) < 4.78 is 1.67. The Hall–Kier alpha value is -2.21. The second kappa shape index (κ2) is 5.88. The molecule has 6 nitrogen and oxygen atoms in total. The maximum Gasteiger partial charge on any atom is 0.229 e. The summed E-state index contributed by atoms with van der Waals surface area (Å²) in [7, 11) is 0. The third-order valence-electron chi connectivity index (χ3n) is 4.33. The van der Waals surface area contributed by atoms with Crippen molar-refractivity contribution in [1.29, 1.82) is 0 Å². The van der Waals surface area contributed by atoms with E-state index in [1.807, 2.05) is 31.3 Å². The van der Waals surface area contributed by atoms with Crippen molar-refractivity contribution in [2.24, 2.45) is 11.7 Å². The number of aromatic nitrogens is 3. The van der Waals surface area contributed by atoms with Gasteiger partial charge in [-0.05, 0) is 38.0 Å². The molecule has 116 valence electrons. The van der Waals surface area contributed by atoms with Crippen molar-refractivity contribution in [3.63, 3.8) is 0 Å².